The van der Waals surface area contributed by atoms with Crippen molar-refractivity contribution in [3.8, 4) is 0 Å². The number of aryl methyl sites for hydroxylation is 1. The van der Waals surface area contributed by atoms with Crippen LogP contribution in [-0.2, 0) is 11.3 Å². The summed E-state index contributed by atoms with van der Waals surface area (Å²) >= 11 is 1.61. The summed E-state index contributed by atoms with van der Waals surface area (Å²) in [5.74, 6) is -0.215. The highest BCUT2D eigenvalue weighted by atomic mass is 32.1. The van der Waals surface area contributed by atoms with Crippen LogP contribution in [0.1, 0.15) is 16.3 Å². The van der Waals surface area contributed by atoms with Gasteiger partial charge in [-0.05, 0) is 36.8 Å². The number of carbonyl (C=O) groups excluding carboxylic acids is 1. The summed E-state index contributed by atoms with van der Waals surface area (Å²) in [5.41, 5.74) is 3.47. The van der Waals surface area contributed by atoms with Gasteiger partial charge in [-0.3, -0.25) is 4.79 Å². The third-order valence-corrected chi connectivity index (χ3v) is 4.85. The van der Waals surface area contributed by atoms with Gasteiger partial charge in [-0.2, -0.15) is 0 Å². The number of anilines is 1. The molecule has 2 aromatic carbocycles. The molecule has 7 heteroatoms. The lowest BCUT2D eigenvalue weighted by molar-refractivity contribution is -0.111. The zero-order chi connectivity index (χ0) is 18.6. The molecule has 0 aliphatic heterocycles. The lowest BCUT2D eigenvalue weighted by atomic mass is 10.2. The van der Waals surface area contributed by atoms with Crippen molar-refractivity contribution in [2.24, 2.45) is 0 Å². The molecule has 0 unspecified atom stereocenters. The van der Waals surface area contributed by atoms with Gasteiger partial charge in [-0.15, -0.1) is 16.4 Å². The van der Waals surface area contributed by atoms with Crippen molar-refractivity contribution in [2.45, 2.75) is 13.5 Å². The first-order chi connectivity index (χ1) is 13.2. The fourth-order valence-electron chi connectivity index (χ4n) is 2.70. The van der Waals surface area contributed by atoms with E-state index in [1.54, 1.807) is 22.1 Å². The average Bonchev–Trinajstić information content (AvgIpc) is 3.26. The molecule has 0 bridgehead atoms. The van der Waals surface area contributed by atoms with Crippen LogP contribution in [0, 0.1) is 6.92 Å². The Morgan fingerprint density at radius 1 is 1.22 bits per heavy atom. The van der Waals surface area contributed by atoms with Crippen molar-refractivity contribution in [2.75, 3.05) is 5.32 Å². The van der Waals surface area contributed by atoms with Gasteiger partial charge in [-0.25, -0.2) is 9.67 Å². The second-order valence-corrected chi connectivity index (χ2v) is 7.30. The van der Waals surface area contributed by atoms with E-state index >= 15 is 0 Å². The Hall–Kier alpha value is -3.32. The molecule has 0 saturated carbocycles. The smallest absolute Gasteiger partial charge is 0.248 e. The van der Waals surface area contributed by atoms with Crippen molar-refractivity contribution >= 4 is 39.2 Å². The van der Waals surface area contributed by atoms with Crippen molar-refractivity contribution in [3.63, 3.8) is 0 Å². The first-order valence-electron chi connectivity index (χ1n) is 8.46. The number of nitrogens with zero attached hydrogens (tertiary/aromatic N) is 4. The number of aromatic nitrogens is 4. The zero-order valence-corrected chi connectivity index (χ0v) is 15.5. The Kier molecular flexibility index (Phi) is 4.76. The summed E-state index contributed by atoms with van der Waals surface area (Å²) in [7, 11) is 0. The van der Waals surface area contributed by atoms with Crippen LogP contribution < -0.4 is 5.32 Å². The molecule has 27 heavy (non-hydrogen) atoms. The lowest BCUT2D eigenvalue weighted by Crippen LogP contribution is -2.07. The minimum absolute atomic E-state index is 0.215. The van der Waals surface area contributed by atoms with Crippen LogP contribution in [0.2, 0.25) is 0 Å². The van der Waals surface area contributed by atoms with E-state index in [0.29, 0.717) is 12.2 Å². The maximum atomic E-state index is 12.2. The highest BCUT2D eigenvalue weighted by Crippen LogP contribution is 2.24. The predicted octanol–water partition coefficient (Wildman–Crippen LogP) is 3.90. The monoisotopic (exact) mass is 375 g/mol. The van der Waals surface area contributed by atoms with Crippen LogP contribution in [-0.4, -0.2) is 25.9 Å². The quantitative estimate of drug-likeness (QED) is 0.537. The van der Waals surface area contributed by atoms with Gasteiger partial charge in [0.05, 0.1) is 28.0 Å². The molecule has 1 amide bonds. The second-order valence-electron chi connectivity index (χ2n) is 6.06. The van der Waals surface area contributed by atoms with Gasteiger partial charge in [0.2, 0.25) is 5.91 Å². The van der Waals surface area contributed by atoms with Crippen molar-refractivity contribution in [1.29, 1.82) is 0 Å². The first kappa shape index (κ1) is 17.1. The van der Waals surface area contributed by atoms with Crippen LogP contribution in [0.15, 0.2) is 60.8 Å². The third-order valence-electron chi connectivity index (χ3n) is 3.91. The number of benzene rings is 2. The average molecular weight is 375 g/mol. The number of rotatable bonds is 5. The summed E-state index contributed by atoms with van der Waals surface area (Å²) in [6.45, 7) is 2.61. The Morgan fingerprint density at radius 3 is 2.93 bits per heavy atom. The van der Waals surface area contributed by atoms with E-state index in [-0.39, 0.29) is 5.91 Å². The topological polar surface area (TPSA) is 72.7 Å². The highest BCUT2D eigenvalue weighted by Gasteiger charge is 2.04. The van der Waals surface area contributed by atoms with Gasteiger partial charge < -0.3 is 5.32 Å². The van der Waals surface area contributed by atoms with Crippen LogP contribution in [0.4, 0.5) is 5.69 Å². The predicted molar refractivity (Wildman–Crippen MR) is 108 cm³/mol. The minimum atomic E-state index is -0.215. The first-order valence-corrected chi connectivity index (χ1v) is 9.28. The van der Waals surface area contributed by atoms with E-state index in [0.717, 1.165) is 26.5 Å². The Bertz CT molecular complexity index is 1110. The molecule has 2 aromatic heterocycles. The van der Waals surface area contributed by atoms with Gasteiger partial charge in [0.25, 0.3) is 0 Å². The Morgan fingerprint density at radius 2 is 2.07 bits per heavy atom. The number of thiazole rings is 1. The fourth-order valence-corrected chi connectivity index (χ4v) is 3.57. The van der Waals surface area contributed by atoms with Crippen LogP contribution in [0.5, 0.6) is 0 Å². The normalized spacial score (nSPS) is 11.3. The maximum absolute atomic E-state index is 12.2. The zero-order valence-electron chi connectivity index (χ0n) is 14.7. The van der Waals surface area contributed by atoms with Crippen LogP contribution in [0.25, 0.3) is 16.3 Å². The molecule has 4 aromatic rings. The van der Waals surface area contributed by atoms with Crippen molar-refractivity contribution in [3.05, 3.63) is 77.1 Å². The largest absolute Gasteiger partial charge is 0.322 e. The lowest BCUT2D eigenvalue weighted by Gasteiger charge is -2.01. The van der Waals surface area contributed by atoms with Gasteiger partial charge in [0, 0.05) is 11.8 Å². The molecular weight excluding hydrogens is 358 g/mol. The standard InChI is InChI=1S/C20H17N5OS/c1-14-21-18-9-7-16(11-19(18)27-14)22-20(26)10-8-17-13-25(24-23-17)12-15-5-3-2-4-6-15/h2-11,13H,12H2,1H3,(H,22,26)/b10-8+. The second kappa shape index (κ2) is 7.51. The summed E-state index contributed by atoms with van der Waals surface area (Å²) in [4.78, 5) is 16.6. The molecule has 0 fully saturated rings. The van der Waals surface area contributed by atoms with Crippen LogP contribution in [0.3, 0.4) is 0 Å². The molecule has 0 atom stereocenters. The van der Waals surface area contributed by atoms with Gasteiger partial charge in [0.1, 0.15) is 5.69 Å². The van der Waals surface area contributed by atoms with Crippen LogP contribution >= 0.6 is 11.3 Å². The summed E-state index contributed by atoms with van der Waals surface area (Å²) in [6.07, 6.45) is 4.92. The molecule has 1 N–H and O–H groups in total. The molecule has 0 spiro atoms. The summed E-state index contributed by atoms with van der Waals surface area (Å²) in [6, 6.07) is 15.7. The number of hydrogen-bond donors (Lipinski definition) is 1. The number of nitrogens with one attached hydrogen (secondary N) is 1. The van der Waals surface area contributed by atoms with E-state index < -0.39 is 0 Å². The summed E-state index contributed by atoms with van der Waals surface area (Å²) in [5, 5.41) is 12.0. The molecule has 0 radical (unpaired) electrons. The summed E-state index contributed by atoms with van der Waals surface area (Å²) < 4.78 is 2.80. The number of amides is 1. The molecule has 0 aliphatic carbocycles. The Labute approximate surface area is 160 Å². The minimum Gasteiger partial charge on any atom is -0.322 e. The molecule has 0 aliphatic rings. The fraction of sp³-hybridized carbons (Fsp3) is 0.100. The molecule has 4 rings (SSSR count). The molecule has 6 nitrogen and oxygen atoms in total. The molecule has 134 valence electrons. The SMILES string of the molecule is Cc1nc2ccc(NC(=O)/C=C/c3cn(Cc4ccccc4)nn3)cc2s1. The molecule has 2 heterocycles. The van der Waals surface area contributed by atoms with E-state index in [1.165, 1.54) is 6.08 Å². The third kappa shape index (κ3) is 4.27. The van der Waals surface area contributed by atoms with E-state index in [9.17, 15) is 4.79 Å². The molecule has 0 saturated heterocycles. The number of fused-ring (bicyclic) bond motifs is 1. The van der Waals surface area contributed by atoms with Gasteiger partial charge in [-0.1, -0.05) is 35.5 Å². The maximum Gasteiger partial charge on any atom is 0.248 e. The highest BCUT2D eigenvalue weighted by molar-refractivity contribution is 7.18. The van der Waals surface area contributed by atoms with Gasteiger partial charge >= 0.3 is 0 Å². The van der Waals surface area contributed by atoms with Crippen molar-refractivity contribution < 1.29 is 4.79 Å². The molecular formula is C20H17N5OS. The Balaban J connectivity index is 1.39. The van der Waals surface area contributed by atoms with E-state index in [1.807, 2.05) is 61.7 Å². The van der Waals surface area contributed by atoms with Gasteiger partial charge in [0.15, 0.2) is 0 Å². The van der Waals surface area contributed by atoms with E-state index in [2.05, 4.69) is 20.6 Å². The van der Waals surface area contributed by atoms with Crippen molar-refractivity contribution in [1.82, 2.24) is 20.0 Å². The number of hydrogen-bond acceptors (Lipinski definition) is 5. The number of carbonyl (C=O) groups is 1. The van der Waals surface area contributed by atoms with E-state index in [4.69, 9.17) is 0 Å².